The molecule has 0 radical (unpaired) electrons. The molecule has 1 fully saturated rings. The Hall–Kier alpha value is -3.23. The lowest BCUT2D eigenvalue weighted by atomic mass is 9.94. The highest BCUT2D eigenvalue weighted by Crippen LogP contribution is 2.30. The predicted molar refractivity (Wildman–Crippen MR) is 139 cm³/mol. The van der Waals surface area contributed by atoms with Crippen LogP contribution in [0.25, 0.3) is 0 Å². The van der Waals surface area contributed by atoms with E-state index in [4.69, 9.17) is 9.15 Å². The number of aliphatic hydroxyl groups excluding tert-OH is 1. The quantitative estimate of drug-likeness (QED) is 0.433. The Labute approximate surface area is 218 Å². The number of pyridine rings is 1. The summed E-state index contributed by atoms with van der Waals surface area (Å²) in [4.78, 5) is 23.3. The normalized spacial score (nSPS) is 16.9. The first-order chi connectivity index (χ1) is 18.0. The van der Waals surface area contributed by atoms with Gasteiger partial charge in [0.15, 0.2) is 12.2 Å². The number of aromatic nitrogens is 2. The van der Waals surface area contributed by atoms with Crippen LogP contribution < -0.4 is 10.1 Å². The summed E-state index contributed by atoms with van der Waals surface area (Å²) in [5.74, 6) is 2.07. The Morgan fingerprint density at radius 1 is 1.30 bits per heavy atom. The molecule has 0 bridgehead atoms. The maximum absolute atomic E-state index is 12.7. The molecule has 1 saturated carbocycles. The molecule has 1 aliphatic heterocycles. The van der Waals surface area contributed by atoms with Gasteiger partial charge in [-0.15, -0.1) is 0 Å². The van der Waals surface area contributed by atoms with Crippen LogP contribution in [0.15, 0.2) is 47.5 Å². The summed E-state index contributed by atoms with van der Waals surface area (Å²) in [6.07, 6.45) is 11.1. The standard InChI is InChI=1S/C29H36N4O4/c1-20-27-9-11-33(16-23(27)6-7-28(20)36-18-26-15-30-19-37-26)17-25(34)14-32-29(35)22-8-10-31-24(13-22)12-21-4-2-3-5-21/h6-8,10,13,15,19,21,25,34H,2-5,9,11-12,14,16-18H2,1H3,(H,32,35)/t25-/m0/s1. The monoisotopic (exact) mass is 504 g/mol. The molecule has 37 heavy (non-hydrogen) atoms. The van der Waals surface area contributed by atoms with E-state index in [9.17, 15) is 9.90 Å². The summed E-state index contributed by atoms with van der Waals surface area (Å²) in [7, 11) is 0. The average Bonchev–Trinajstić information content (AvgIpc) is 3.62. The van der Waals surface area contributed by atoms with E-state index < -0.39 is 6.10 Å². The van der Waals surface area contributed by atoms with Crippen molar-refractivity contribution in [2.24, 2.45) is 5.92 Å². The van der Waals surface area contributed by atoms with Gasteiger partial charge in [0.25, 0.3) is 5.91 Å². The number of hydrogen-bond acceptors (Lipinski definition) is 7. The van der Waals surface area contributed by atoms with Crippen molar-refractivity contribution in [3.05, 3.63) is 76.8 Å². The zero-order chi connectivity index (χ0) is 25.6. The molecule has 1 aliphatic carbocycles. The third kappa shape index (κ3) is 6.56. The average molecular weight is 505 g/mol. The van der Waals surface area contributed by atoms with Crippen LogP contribution >= 0.6 is 0 Å². The fourth-order valence-electron chi connectivity index (χ4n) is 5.57. The summed E-state index contributed by atoms with van der Waals surface area (Å²) in [5, 5.41) is 13.5. The molecule has 8 heteroatoms. The van der Waals surface area contributed by atoms with E-state index in [1.165, 1.54) is 43.2 Å². The minimum absolute atomic E-state index is 0.161. The van der Waals surface area contributed by atoms with Crippen LogP contribution in [-0.2, 0) is 26.0 Å². The minimum atomic E-state index is -0.643. The molecule has 5 rings (SSSR count). The number of amides is 1. The lowest BCUT2D eigenvalue weighted by Gasteiger charge is -2.31. The van der Waals surface area contributed by atoms with Gasteiger partial charge in [-0.3, -0.25) is 14.7 Å². The Morgan fingerprint density at radius 2 is 2.16 bits per heavy atom. The third-order valence-corrected chi connectivity index (χ3v) is 7.59. The number of rotatable bonds is 10. The number of nitrogens with zero attached hydrogens (tertiary/aromatic N) is 3. The van der Waals surface area contributed by atoms with E-state index in [1.807, 2.05) is 12.1 Å². The summed E-state index contributed by atoms with van der Waals surface area (Å²) in [5.41, 5.74) is 5.29. The summed E-state index contributed by atoms with van der Waals surface area (Å²) < 4.78 is 11.2. The molecule has 3 heterocycles. The first-order valence-electron chi connectivity index (χ1n) is 13.3. The summed E-state index contributed by atoms with van der Waals surface area (Å²) in [6.45, 7) is 4.78. The molecular weight excluding hydrogens is 468 g/mol. The Kier molecular flexibility index (Phi) is 8.16. The molecule has 0 unspecified atom stereocenters. The molecule has 2 N–H and O–H groups in total. The maximum atomic E-state index is 12.7. The first-order valence-corrected chi connectivity index (χ1v) is 13.3. The number of β-amino-alcohol motifs (C(OH)–C–C–N with tert-alkyl or cyclic N) is 1. The lowest BCUT2D eigenvalue weighted by Crippen LogP contribution is -2.42. The Bertz CT molecular complexity index is 1190. The molecule has 2 aliphatic rings. The predicted octanol–water partition coefficient (Wildman–Crippen LogP) is 3.84. The molecule has 1 aromatic carbocycles. The van der Waals surface area contributed by atoms with Crippen molar-refractivity contribution in [1.29, 1.82) is 0 Å². The van der Waals surface area contributed by atoms with Crippen molar-refractivity contribution in [3.8, 4) is 5.75 Å². The van der Waals surface area contributed by atoms with Gasteiger partial charge < -0.3 is 19.6 Å². The molecule has 1 amide bonds. The van der Waals surface area contributed by atoms with Crippen LogP contribution in [0.2, 0.25) is 0 Å². The lowest BCUT2D eigenvalue weighted by molar-refractivity contribution is 0.0841. The third-order valence-electron chi connectivity index (χ3n) is 7.59. The van der Waals surface area contributed by atoms with Gasteiger partial charge >= 0.3 is 0 Å². The van der Waals surface area contributed by atoms with Crippen LogP contribution in [0.4, 0.5) is 0 Å². The number of carbonyl (C=O) groups is 1. The highest BCUT2D eigenvalue weighted by atomic mass is 16.5. The smallest absolute Gasteiger partial charge is 0.251 e. The van der Waals surface area contributed by atoms with Gasteiger partial charge in [-0.1, -0.05) is 31.7 Å². The summed E-state index contributed by atoms with van der Waals surface area (Å²) in [6, 6.07) is 7.74. The molecular formula is C29H36N4O4. The van der Waals surface area contributed by atoms with Crippen LogP contribution in [0.5, 0.6) is 5.75 Å². The van der Waals surface area contributed by atoms with E-state index in [0.717, 1.165) is 42.9 Å². The van der Waals surface area contributed by atoms with Crippen molar-refractivity contribution in [3.63, 3.8) is 0 Å². The van der Waals surface area contributed by atoms with E-state index in [0.29, 0.717) is 30.4 Å². The largest absolute Gasteiger partial charge is 0.485 e. The maximum Gasteiger partial charge on any atom is 0.251 e. The van der Waals surface area contributed by atoms with Crippen molar-refractivity contribution >= 4 is 5.91 Å². The minimum Gasteiger partial charge on any atom is -0.485 e. The van der Waals surface area contributed by atoms with Gasteiger partial charge in [-0.2, -0.15) is 0 Å². The topological polar surface area (TPSA) is 101 Å². The fourth-order valence-corrected chi connectivity index (χ4v) is 5.57. The van der Waals surface area contributed by atoms with Crippen LogP contribution in [0.3, 0.4) is 0 Å². The van der Waals surface area contributed by atoms with Gasteiger partial charge in [0.05, 0.1) is 12.3 Å². The zero-order valence-electron chi connectivity index (χ0n) is 21.5. The molecule has 2 aromatic heterocycles. The number of hydrogen-bond donors (Lipinski definition) is 2. The van der Waals surface area contributed by atoms with Gasteiger partial charge in [0.2, 0.25) is 0 Å². The second-order valence-electron chi connectivity index (χ2n) is 10.3. The second-order valence-corrected chi connectivity index (χ2v) is 10.3. The number of benzene rings is 1. The number of aliphatic hydroxyl groups is 1. The van der Waals surface area contributed by atoms with Gasteiger partial charge in [-0.25, -0.2) is 4.98 Å². The first kappa shape index (κ1) is 25.4. The Morgan fingerprint density at radius 3 is 2.97 bits per heavy atom. The van der Waals surface area contributed by atoms with Crippen LogP contribution in [0.1, 0.15) is 64.2 Å². The van der Waals surface area contributed by atoms with Gasteiger partial charge in [-0.05, 0) is 60.6 Å². The summed E-state index contributed by atoms with van der Waals surface area (Å²) >= 11 is 0. The van der Waals surface area contributed by atoms with E-state index in [-0.39, 0.29) is 12.5 Å². The molecule has 3 aromatic rings. The molecule has 8 nitrogen and oxygen atoms in total. The van der Waals surface area contributed by atoms with Gasteiger partial charge in [0.1, 0.15) is 12.4 Å². The van der Waals surface area contributed by atoms with E-state index in [2.05, 4.69) is 33.2 Å². The number of ether oxygens (including phenoxy) is 1. The Balaban J connectivity index is 1.10. The van der Waals surface area contributed by atoms with Gasteiger partial charge in [0, 0.05) is 43.6 Å². The van der Waals surface area contributed by atoms with Crippen molar-refractivity contribution in [2.75, 3.05) is 19.6 Å². The SMILES string of the molecule is Cc1c(OCc2cnco2)ccc2c1CCN(C[C@@H](O)CNC(=O)c1ccnc(CC3CCCC3)c1)C2. The van der Waals surface area contributed by atoms with Crippen LogP contribution in [-0.4, -0.2) is 51.6 Å². The molecule has 0 spiro atoms. The molecule has 196 valence electrons. The van der Waals surface area contributed by atoms with Crippen molar-refractivity contribution in [2.45, 2.75) is 64.7 Å². The van der Waals surface area contributed by atoms with E-state index >= 15 is 0 Å². The fraction of sp³-hybridized carbons (Fsp3) is 0.483. The number of oxazole rings is 1. The van der Waals surface area contributed by atoms with Crippen molar-refractivity contribution in [1.82, 2.24) is 20.2 Å². The number of nitrogens with one attached hydrogen (secondary N) is 1. The second kappa shape index (κ2) is 11.9. The number of fused-ring (bicyclic) bond motifs is 1. The molecule has 0 saturated heterocycles. The van der Waals surface area contributed by atoms with Crippen molar-refractivity contribution < 1.29 is 19.1 Å². The number of carbonyl (C=O) groups excluding carboxylic acids is 1. The zero-order valence-corrected chi connectivity index (χ0v) is 21.5. The highest BCUT2D eigenvalue weighted by molar-refractivity contribution is 5.94. The molecule has 1 atom stereocenters. The highest BCUT2D eigenvalue weighted by Gasteiger charge is 2.22. The van der Waals surface area contributed by atoms with Crippen LogP contribution in [0, 0.1) is 12.8 Å². The van der Waals surface area contributed by atoms with E-state index in [1.54, 1.807) is 18.5 Å².